The monoisotopic (exact) mass is 360 g/mol. The van der Waals surface area contributed by atoms with E-state index in [1.165, 1.54) is 25.0 Å². The second kappa shape index (κ2) is 7.35. The zero-order valence-electron chi connectivity index (χ0n) is 14.4. The molecule has 0 bridgehead atoms. The lowest BCUT2D eigenvalue weighted by atomic mass is 9.75. The van der Waals surface area contributed by atoms with Gasteiger partial charge in [0.1, 0.15) is 0 Å². The van der Waals surface area contributed by atoms with Crippen molar-refractivity contribution in [2.45, 2.75) is 48.8 Å². The number of likely N-dealkylation sites (N-methyl/N-ethyl adjacent to an activating group) is 1. The fraction of sp³-hybridized carbons (Fsp3) is 0.647. The number of anilines is 1. The minimum atomic E-state index is -4.53. The molecule has 0 heterocycles. The molecule has 1 aliphatic rings. The van der Waals surface area contributed by atoms with Crippen LogP contribution in [0, 0.1) is 5.92 Å². The van der Waals surface area contributed by atoms with Crippen LogP contribution in [0.1, 0.15) is 32.6 Å². The summed E-state index contributed by atoms with van der Waals surface area (Å²) in [6, 6.07) is 5.56. The Kier molecular flexibility index (Phi) is 5.86. The first-order chi connectivity index (χ1) is 11.2. The highest BCUT2D eigenvalue weighted by Crippen LogP contribution is 2.36. The number of hydrogen-bond acceptors (Lipinski definition) is 4. The molecule has 1 fully saturated rings. The smallest absolute Gasteiger partial charge is 0.341 e. The number of sulfone groups is 1. The molecule has 2 unspecified atom stereocenters. The Morgan fingerprint density at radius 3 is 2.42 bits per heavy atom. The molecule has 24 heavy (non-hydrogen) atoms. The summed E-state index contributed by atoms with van der Waals surface area (Å²) in [6.07, 6.45) is 4.64. The predicted molar refractivity (Wildman–Crippen MR) is 92.2 cm³/mol. The van der Waals surface area contributed by atoms with Crippen molar-refractivity contribution in [2.24, 2.45) is 5.92 Å². The van der Waals surface area contributed by atoms with Crippen molar-refractivity contribution in [1.29, 1.82) is 0 Å². The molecular formula is C17H26F2N2O2S. The molecule has 1 aromatic rings. The van der Waals surface area contributed by atoms with Crippen LogP contribution in [0.3, 0.4) is 0 Å². The van der Waals surface area contributed by atoms with Crippen molar-refractivity contribution in [3.05, 3.63) is 24.3 Å². The van der Waals surface area contributed by atoms with Crippen molar-refractivity contribution >= 4 is 15.5 Å². The van der Waals surface area contributed by atoms with E-state index in [0.29, 0.717) is 5.92 Å². The van der Waals surface area contributed by atoms with Crippen molar-refractivity contribution in [3.8, 4) is 0 Å². The first-order valence-electron chi connectivity index (χ1n) is 8.21. The van der Waals surface area contributed by atoms with Gasteiger partial charge < -0.3 is 10.2 Å². The minimum Gasteiger partial charge on any atom is -0.383 e. The summed E-state index contributed by atoms with van der Waals surface area (Å²) in [6.45, 7) is 3.01. The molecule has 0 aliphatic heterocycles. The third-order valence-electron chi connectivity index (χ3n) is 5.06. The topological polar surface area (TPSA) is 49.4 Å². The molecule has 0 radical (unpaired) electrons. The molecule has 0 amide bonds. The van der Waals surface area contributed by atoms with Gasteiger partial charge in [0.15, 0.2) is 0 Å². The lowest BCUT2D eigenvalue weighted by Gasteiger charge is -2.45. The summed E-state index contributed by atoms with van der Waals surface area (Å²) in [5, 5.41) is 3.34. The van der Waals surface area contributed by atoms with Crippen molar-refractivity contribution in [2.75, 3.05) is 26.0 Å². The number of halogens is 2. The number of benzene rings is 1. The Morgan fingerprint density at radius 1 is 1.29 bits per heavy atom. The van der Waals surface area contributed by atoms with Gasteiger partial charge in [0.2, 0.25) is 9.84 Å². The molecule has 0 saturated heterocycles. The second-order valence-corrected chi connectivity index (χ2v) is 8.92. The Balaban J connectivity index is 2.08. The zero-order valence-corrected chi connectivity index (χ0v) is 15.2. The number of rotatable bonds is 6. The van der Waals surface area contributed by atoms with Crippen molar-refractivity contribution < 1.29 is 17.2 Å². The van der Waals surface area contributed by atoms with E-state index in [0.717, 1.165) is 25.1 Å². The molecule has 7 heteroatoms. The van der Waals surface area contributed by atoms with Gasteiger partial charge in [-0.2, -0.15) is 8.78 Å². The van der Waals surface area contributed by atoms with Gasteiger partial charge in [-0.1, -0.05) is 19.8 Å². The highest BCUT2D eigenvalue weighted by molar-refractivity contribution is 7.91. The number of nitrogens with one attached hydrogen (secondary N) is 1. The highest BCUT2D eigenvalue weighted by atomic mass is 32.2. The Hall–Kier alpha value is -1.21. The first kappa shape index (κ1) is 19.1. The Bertz CT molecular complexity index is 647. The fourth-order valence-electron chi connectivity index (χ4n) is 3.49. The lowest BCUT2D eigenvalue weighted by Crippen LogP contribution is -2.52. The minimum absolute atomic E-state index is 0.0609. The van der Waals surface area contributed by atoms with Gasteiger partial charge in [0.05, 0.1) is 4.90 Å². The molecule has 2 atom stereocenters. The number of alkyl halides is 2. The average molecular weight is 360 g/mol. The van der Waals surface area contributed by atoms with Gasteiger partial charge >= 0.3 is 5.76 Å². The van der Waals surface area contributed by atoms with Crippen LogP contribution in [0.2, 0.25) is 0 Å². The van der Waals surface area contributed by atoms with E-state index in [-0.39, 0.29) is 10.4 Å². The van der Waals surface area contributed by atoms with Gasteiger partial charge in [0, 0.05) is 17.8 Å². The first-order valence-corrected chi connectivity index (χ1v) is 9.75. The summed E-state index contributed by atoms with van der Waals surface area (Å²) in [5.74, 6) is -2.72. The lowest BCUT2D eigenvalue weighted by molar-refractivity contribution is 0.0882. The van der Waals surface area contributed by atoms with E-state index in [9.17, 15) is 17.2 Å². The maximum Gasteiger partial charge on any atom is 0.341 e. The highest BCUT2D eigenvalue weighted by Gasteiger charge is 2.36. The molecule has 1 aliphatic carbocycles. The predicted octanol–water partition coefficient (Wildman–Crippen LogP) is 3.61. The van der Waals surface area contributed by atoms with Gasteiger partial charge in [-0.05, 0) is 57.1 Å². The quantitative estimate of drug-likeness (QED) is 0.842. The van der Waals surface area contributed by atoms with E-state index in [1.807, 2.05) is 0 Å². The van der Waals surface area contributed by atoms with Crippen LogP contribution in [0.15, 0.2) is 29.2 Å². The van der Waals surface area contributed by atoms with Crippen LogP contribution in [0.5, 0.6) is 0 Å². The largest absolute Gasteiger partial charge is 0.383 e. The van der Waals surface area contributed by atoms with Crippen molar-refractivity contribution in [3.63, 3.8) is 0 Å². The molecule has 4 nitrogen and oxygen atoms in total. The van der Waals surface area contributed by atoms with Gasteiger partial charge in [-0.15, -0.1) is 0 Å². The zero-order chi connectivity index (χ0) is 18.0. The Morgan fingerprint density at radius 2 is 1.92 bits per heavy atom. The van der Waals surface area contributed by atoms with Crippen molar-refractivity contribution in [1.82, 2.24) is 4.90 Å². The third-order valence-corrected chi connectivity index (χ3v) is 6.45. The summed E-state index contributed by atoms with van der Waals surface area (Å²) in [4.78, 5) is 1.90. The van der Waals surface area contributed by atoms with E-state index in [4.69, 9.17) is 0 Å². The van der Waals surface area contributed by atoms with Crippen LogP contribution < -0.4 is 5.32 Å². The third kappa shape index (κ3) is 4.06. The van der Waals surface area contributed by atoms with E-state index >= 15 is 0 Å². The van der Waals surface area contributed by atoms with Crippen LogP contribution >= 0.6 is 0 Å². The summed E-state index contributed by atoms with van der Waals surface area (Å²) in [7, 11) is -0.368. The molecule has 1 aromatic carbocycles. The molecule has 136 valence electrons. The molecule has 0 aromatic heterocycles. The second-order valence-electron chi connectivity index (χ2n) is 7.00. The van der Waals surface area contributed by atoms with Gasteiger partial charge in [-0.3, -0.25) is 0 Å². The summed E-state index contributed by atoms with van der Waals surface area (Å²) < 4.78 is 48.0. The maximum absolute atomic E-state index is 12.6. The molecule has 0 spiro atoms. The van der Waals surface area contributed by atoms with E-state index in [1.54, 1.807) is 12.1 Å². The van der Waals surface area contributed by atoms with E-state index < -0.39 is 15.6 Å². The van der Waals surface area contributed by atoms with E-state index in [2.05, 4.69) is 31.2 Å². The maximum atomic E-state index is 12.6. The van der Waals surface area contributed by atoms with Gasteiger partial charge in [-0.25, -0.2) is 8.42 Å². The summed E-state index contributed by atoms with van der Waals surface area (Å²) >= 11 is 0. The van der Waals surface area contributed by atoms with Crippen LogP contribution in [-0.2, 0) is 9.84 Å². The Labute approximate surface area is 143 Å². The molecule has 2 rings (SSSR count). The van der Waals surface area contributed by atoms with Crippen LogP contribution in [0.4, 0.5) is 14.5 Å². The van der Waals surface area contributed by atoms with Crippen LogP contribution in [-0.4, -0.2) is 45.3 Å². The van der Waals surface area contributed by atoms with Crippen LogP contribution in [0.25, 0.3) is 0 Å². The summed E-state index contributed by atoms with van der Waals surface area (Å²) in [5.41, 5.74) is 0.799. The number of hydrogen-bond donors (Lipinski definition) is 1. The molecular weight excluding hydrogens is 334 g/mol. The molecule has 1 saturated carbocycles. The normalized spacial score (nSPS) is 25.2. The fourth-order valence-corrected chi connectivity index (χ4v) is 4.21. The molecule has 1 N–H and O–H groups in total. The average Bonchev–Trinajstić information content (AvgIpc) is 2.53. The standard InChI is InChI=1S/C17H26F2N2O2S/c1-13-5-4-10-17(11-13,21(2)3)12-20-14-6-8-15(9-7-14)24(22,23)16(18)19/h6-9,13,16,20H,4-5,10-12H2,1-3H3. The number of nitrogens with zero attached hydrogens (tertiary/aromatic N) is 1. The SMILES string of the molecule is CC1CCCC(CNc2ccc(S(=O)(=O)C(F)F)cc2)(N(C)C)C1. The van der Waals surface area contributed by atoms with Gasteiger partial charge in [0.25, 0.3) is 0 Å².